The molecule has 2 aromatic rings. The van der Waals surface area contributed by atoms with Gasteiger partial charge >= 0.3 is 0 Å². The monoisotopic (exact) mass is 252 g/mol. The molecule has 0 amide bonds. The highest BCUT2D eigenvalue weighted by Crippen LogP contribution is 2.33. The molecular weight excluding hydrogens is 240 g/mol. The molecule has 0 aliphatic heterocycles. The third kappa shape index (κ3) is 2.43. The van der Waals surface area contributed by atoms with Crippen LogP contribution in [0.25, 0.3) is 11.3 Å². The third-order valence-corrected chi connectivity index (χ3v) is 2.79. The average molecular weight is 253 g/mol. The van der Waals surface area contributed by atoms with E-state index in [1.807, 2.05) is 12.1 Å². The Morgan fingerprint density at radius 1 is 1.47 bits per heavy atom. The minimum Gasteiger partial charge on any atom is -0.497 e. The summed E-state index contributed by atoms with van der Waals surface area (Å²) in [5.74, 6) is 1.38. The highest BCUT2D eigenvalue weighted by atomic mass is 35.5. The number of methoxy groups -OCH3 is 1. The number of hydrogen-bond donors (Lipinski definition) is 1. The normalized spacial score (nSPS) is 10.5. The van der Waals surface area contributed by atoms with Gasteiger partial charge in [-0.15, -0.1) is 0 Å². The van der Waals surface area contributed by atoms with Crippen LogP contribution in [0.4, 0.5) is 0 Å². The van der Waals surface area contributed by atoms with Gasteiger partial charge in [0.25, 0.3) is 0 Å². The molecule has 90 valence electrons. The first-order valence-corrected chi connectivity index (χ1v) is 5.61. The fraction of sp³-hybridized carbons (Fsp3) is 0.250. The molecule has 0 atom stereocenters. The molecule has 0 fully saturated rings. The molecule has 0 aliphatic carbocycles. The smallest absolute Gasteiger partial charge is 0.171 e. The maximum atomic E-state index is 6.17. The SMILES string of the molecule is COc1ccc(-c2oncc2CCN)c(Cl)c1. The van der Waals surface area contributed by atoms with Crippen LogP contribution < -0.4 is 10.5 Å². The van der Waals surface area contributed by atoms with Crippen LogP contribution in [-0.2, 0) is 6.42 Å². The minimum atomic E-state index is 0.544. The van der Waals surface area contributed by atoms with Crippen molar-refractivity contribution in [3.8, 4) is 17.1 Å². The fourth-order valence-corrected chi connectivity index (χ4v) is 1.88. The zero-order valence-electron chi connectivity index (χ0n) is 9.44. The van der Waals surface area contributed by atoms with E-state index in [2.05, 4.69) is 5.16 Å². The Balaban J connectivity index is 2.42. The Hall–Kier alpha value is -1.52. The van der Waals surface area contributed by atoms with Crippen LogP contribution in [0, 0.1) is 0 Å². The number of benzene rings is 1. The van der Waals surface area contributed by atoms with Gasteiger partial charge in [-0.2, -0.15) is 0 Å². The van der Waals surface area contributed by atoms with E-state index in [-0.39, 0.29) is 0 Å². The lowest BCUT2D eigenvalue weighted by Gasteiger charge is -2.05. The standard InChI is InChI=1S/C12H13ClN2O2/c1-16-9-2-3-10(11(13)6-9)12-8(4-5-14)7-15-17-12/h2-3,6-7H,4-5,14H2,1H3. The van der Waals surface area contributed by atoms with Crippen LogP contribution in [0.3, 0.4) is 0 Å². The molecule has 1 heterocycles. The Bertz CT molecular complexity index is 511. The molecule has 0 unspecified atom stereocenters. The second-order valence-electron chi connectivity index (χ2n) is 3.56. The molecule has 17 heavy (non-hydrogen) atoms. The number of halogens is 1. The van der Waals surface area contributed by atoms with Crippen LogP contribution in [0.2, 0.25) is 5.02 Å². The van der Waals surface area contributed by atoms with E-state index in [1.165, 1.54) is 0 Å². The van der Waals surface area contributed by atoms with E-state index in [9.17, 15) is 0 Å². The third-order valence-electron chi connectivity index (χ3n) is 2.48. The molecular formula is C12H13ClN2O2. The molecule has 2 N–H and O–H groups in total. The highest BCUT2D eigenvalue weighted by Gasteiger charge is 2.13. The van der Waals surface area contributed by atoms with Crippen LogP contribution in [0.15, 0.2) is 28.9 Å². The minimum absolute atomic E-state index is 0.544. The van der Waals surface area contributed by atoms with Crippen LogP contribution in [-0.4, -0.2) is 18.8 Å². The summed E-state index contributed by atoms with van der Waals surface area (Å²) in [6, 6.07) is 5.42. The van der Waals surface area contributed by atoms with Crippen LogP contribution in [0.5, 0.6) is 5.75 Å². The van der Waals surface area contributed by atoms with Crippen molar-refractivity contribution in [2.75, 3.05) is 13.7 Å². The summed E-state index contributed by atoms with van der Waals surface area (Å²) in [4.78, 5) is 0. The van der Waals surface area contributed by atoms with Crippen molar-refractivity contribution < 1.29 is 9.26 Å². The van der Waals surface area contributed by atoms with E-state index in [0.29, 0.717) is 29.5 Å². The summed E-state index contributed by atoms with van der Waals surface area (Å²) in [6.45, 7) is 0.544. The molecule has 1 aromatic heterocycles. The molecule has 0 saturated carbocycles. The Morgan fingerprint density at radius 3 is 2.94 bits per heavy atom. The zero-order chi connectivity index (χ0) is 12.3. The summed E-state index contributed by atoms with van der Waals surface area (Å²) >= 11 is 6.17. The summed E-state index contributed by atoms with van der Waals surface area (Å²) in [5, 5.41) is 4.35. The maximum Gasteiger partial charge on any atom is 0.171 e. The van der Waals surface area contributed by atoms with Crippen molar-refractivity contribution in [2.45, 2.75) is 6.42 Å². The molecule has 0 radical (unpaired) electrons. The maximum absolute atomic E-state index is 6.17. The molecule has 4 nitrogen and oxygen atoms in total. The number of nitrogens with zero attached hydrogens (tertiary/aromatic N) is 1. The number of nitrogens with two attached hydrogens (primary N) is 1. The lowest BCUT2D eigenvalue weighted by atomic mass is 10.1. The lowest BCUT2D eigenvalue weighted by Crippen LogP contribution is -2.02. The van der Waals surface area contributed by atoms with Gasteiger partial charge in [-0.25, -0.2) is 0 Å². The van der Waals surface area contributed by atoms with E-state index >= 15 is 0 Å². The van der Waals surface area contributed by atoms with Gasteiger partial charge in [0.2, 0.25) is 0 Å². The van der Waals surface area contributed by atoms with Gasteiger partial charge in [0, 0.05) is 11.1 Å². The van der Waals surface area contributed by atoms with Crippen molar-refractivity contribution in [1.82, 2.24) is 5.16 Å². The predicted molar refractivity (Wildman–Crippen MR) is 66.3 cm³/mol. The van der Waals surface area contributed by atoms with Crippen LogP contribution >= 0.6 is 11.6 Å². The van der Waals surface area contributed by atoms with Crippen molar-refractivity contribution in [2.24, 2.45) is 5.73 Å². The largest absolute Gasteiger partial charge is 0.497 e. The molecule has 0 saturated heterocycles. The average Bonchev–Trinajstić information content (AvgIpc) is 2.77. The topological polar surface area (TPSA) is 61.3 Å². The first-order valence-electron chi connectivity index (χ1n) is 5.23. The molecule has 1 aromatic carbocycles. The van der Waals surface area contributed by atoms with Gasteiger partial charge in [0.05, 0.1) is 18.3 Å². The fourth-order valence-electron chi connectivity index (χ4n) is 1.62. The molecule has 0 aliphatic rings. The number of hydrogen-bond acceptors (Lipinski definition) is 4. The lowest BCUT2D eigenvalue weighted by molar-refractivity contribution is 0.414. The second kappa shape index (κ2) is 5.21. The highest BCUT2D eigenvalue weighted by molar-refractivity contribution is 6.33. The van der Waals surface area contributed by atoms with E-state index in [1.54, 1.807) is 19.4 Å². The van der Waals surface area contributed by atoms with Crippen molar-refractivity contribution >= 4 is 11.6 Å². The van der Waals surface area contributed by atoms with E-state index in [4.69, 9.17) is 26.6 Å². The summed E-state index contributed by atoms with van der Waals surface area (Å²) in [6.07, 6.45) is 2.38. The van der Waals surface area contributed by atoms with Gasteiger partial charge in [-0.1, -0.05) is 16.8 Å². The number of rotatable bonds is 4. The molecule has 2 rings (SSSR count). The van der Waals surface area contributed by atoms with Crippen molar-refractivity contribution in [3.05, 3.63) is 35.0 Å². The zero-order valence-corrected chi connectivity index (χ0v) is 10.2. The molecule has 0 bridgehead atoms. The van der Waals surface area contributed by atoms with E-state index < -0.39 is 0 Å². The van der Waals surface area contributed by atoms with Gasteiger partial charge in [0.15, 0.2) is 5.76 Å². The van der Waals surface area contributed by atoms with Crippen molar-refractivity contribution in [3.63, 3.8) is 0 Å². The molecule has 5 heteroatoms. The van der Waals surface area contributed by atoms with Crippen molar-refractivity contribution in [1.29, 1.82) is 0 Å². The van der Waals surface area contributed by atoms with Gasteiger partial charge in [0.1, 0.15) is 5.75 Å². The van der Waals surface area contributed by atoms with E-state index in [0.717, 1.165) is 11.1 Å². The Labute approximate surface area is 104 Å². The second-order valence-corrected chi connectivity index (χ2v) is 3.97. The van der Waals surface area contributed by atoms with Gasteiger partial charge < -0.3 is 15.0 Å². The Morgan fingerprint density at radius 2 is 2.29 bits per heavy atom. The summed E-state index contributed by atoms with van der Waals surface area (Å²) in [5.41, 5.74) is 7.29. The van der Waals surface area contributed by atoms with Crippen LogP contribution in [0.1, 0.15) is 5.56 Å². The van der Waals surface area contributed by atoms with Gasteiger partial charge in [-0.3, -0.25) is 0 Å². The predicted octanol–water partition coefficient (Wildman–Crippen LogP) is 2.50. The summed E-state index contributed by atoms with van der Waals surface area (Å²) < 4.78 is 10.3. The number of aromatic nitrogens is 1. The van der Waals surface area contributed by atoms with Gasteiger partial charge in [-0.05, 0) is 31.2 Å². The summed E-state index contributed by atoms with van der Waals surface area (Å²) in [7, 11) is 1.60. The first-order chi connectivity index (χ1) is 8.26. The quantitative estimate of drug-likeness (QED) is 0.908. The molecule has 0 spiro atoms. The first kappa shape index (κ1) is 12.0. The Kier molecular flexibility index (Phi) is 3.66. The number of ether oxygens (including phenoxy) is 1.